The van der Waals surface area contributed by atoms with Gasteiger partial charge in [-0.25, -0.2) is 9.97 Å². The van der Waals surface area contributed by atoms with Crippen molar-refractivity contribution in [1.82, 2.24) is 24.7 Å². The molecular weight excluding hydrogens is 342 g/mol. The molecule has 2 atom stereocenters. The van der Waals surface area contributed by atoms with Crippen LogP contribution >= 0.6 is 0 Å². The molecule has 4 rings (SSSR count). The molecule has 0 radical (unpaired) electrons. The van der Waals surface area contributed by atoms with E-state index >= 15 is 0 Å². The highest BCUT2D eigenvalue weighted by atomic mass is 16.1. The highest BCUT2D eigenvalue weighted by Crippen LogP contribution is 2.36. The largest absolute Gasteiger partial charge is 0.369 e. The van der Waals surface area contributed by atoms with Gasteiger partial charge in [-0.3, -0.25) is 14.5 Å². The molecule has 1 fully saturated rings. The van der Waals surface area contributed by atoms with Crippen molar-refractivity contribution in [2.75, 3.05) is 18.0 Å². The molecule has 3 aromatic heterocycles. The Bertz CT molecular complexity index is 969. The summed E-state index contributed by atoms with van der Waals surface area (Å²) in [6.07, 6.45) is 5.26. The molecule has 0 bridgehead atoms. The second kappa shape index (κ2) is 6.79. The van der Waals surface area contributed by atoms with Crippen LogP contribution in [0.2, 0.25) is 0 Å². The van der Waals surface area contributed by atoms with Crippen molar-refractivity contribution >= 4 is 11.7 Å². The number of anilines is 1. The molecule has 27 heavy (non-hydrogen) atoms. The summed E-state index contributed by atoms with van der Waals surface area (Å²) < 4.78 is 1.82. The van der Waals surface area contributed by atoms with E-state index in [4.69, 9.17) is 5.73 Å². The maximum absolute atomic E-state index is 12.1. The molecule has 4 heterocycles. The standard InChI is InChI=1S/C19H21N7O/c1-12-13(9-23-25(12)2)14-10-26(11-15(14)18(20)27)17-6-8-22-19(24-17)16-5-3-4-7-21-16/h3-9,14-15H,10-11H2,1-2H3,(H2,20,27)/t14-,15+/m0/s1. The number of amides is 1. The van der Waals surface area contributed by atoms with Gasteiger partial charge < -0.3 is 10.6 Å². The lowest BCUT2D eigenvalue weighted by Gasteiger charge is -2.17. The molecule has 2 N–H and O–H groups in total. The monoisotopic (exact) mass is 363 g/mol. The van der Waals surface area contributed by atoms with E-state index in [1.54, 1.807) is 12.4 Å². The molecule has 0 spiro atoms. The van der Waals surface area contributed by atoms with E-state index in [1.807, 2.05) is 49.1 Å². The van der Waals surface area contributed by atoms with Gasteiger partial charge in [0.2, 0.25) is 5.91 Å². The van der Waals surface area contributed by atoms with Gasteiger partial charge in [0.1, 0.15) is 11.5 Å². The Morgan fingerprint density at radius 2 is 2.04 bits per heavy atom. The lowest BCUT2D eigenvalue weighted by molar-refractivity contribution is -0.121. The molecule has 8 nitrogen and oxygen atoms in total. The van der Waals surface area contributed by atoms with Gasteiger partial charge in [0.15, 0.2) is 5.82 Å². The van der Waals surface area contributed by atoms with E-state index in [0.717, 1.165) is 17.1 Å². The SMILES string of the molecule is Cc1c([C@@H]2CN(c3ccnc(-c4ccccn4)n3)C[C@H]2C(N)=O)cnn1C. The van der Waals surface area contributed by atoms with Crippen LogP contribution in [-0.4, -0.2) is 43.7 Å². The minimum absolute atomic E-state index is 0.00975. The van der Waals surface area contributed by atoms with Crippen LogP contribution in [0.5, 0.6) is 0 Å². The predicted octanol–water partition coefficient (Wildman–Crippen LogP) is 1.29. The van der Waals surface area contributed by atoms with Crippen LogP contribution in [0.25, 0.3) is 11.5 Å². The van der Waals surface area contributed by atoms with Crippen molar-refractivity contribution in [1.29, 1.82) is 0 Å². The lowest BCUT2D eigenvalue weighted by Crippen LogP contribution is -2.29. The molecule has 0 saturated carbocycles. The minimum Gasteiger partial charge on any atom is -0.369 e. The lowest BCUT2D eigenvalue weighted by atomic mass is 9.89. The first-order valence-electron chi connectivity index (χ1n) is 8.82. The Balaban J connectivity index is 1.65. The summed E-state index contributed by atoms with van der Waals surface area (Å²) in [5, 5.41) is 4.32. The smallest absolute Gasteiger partial charge is 0.223 e. The van der Waals surface area contributed by atoms with Gasteiger partial charge in [0, 0.05) is 44.1 Å². The van der Waals surface area contributed by atoms with Gasteiger partial charge in [-0.1, -0.05) is 6.07 Å². The zero-order chi connectivity index (χ0) is 19.0. The first kappa shape index (κ1) is 17.1. The van der Waals surface area contributed by atoms with Crippen molar-refractivity contribution in [2.45, 2.75) is 12.8 Å². The first-order chi connectivity index (χ1) is 13.0. The summed E-state index contributed by atoms with van der Waals surface area (Å²) in [5.41, 5.74) is 8.53. The van der Waals surface area contributed by atoms with Crippen LogP contribution in [0, 0.1) is 12.8 Å². The van der Waals surface area contributed by atoms with Crippen molar-refractivity contribution in [3.8, 4) is 11.5 Å². The molecule has 1 saturated heterocycles. The Kier molecular flexibility index (Phi) is 4.31. The first-order valence-corrected chi connectivity index (χ1v) is 8.82. The molecule has 0 aromatic carbocycles. The van der Waals surface area contributed by atoms with Crippen LogP contribution < -0.4 is 10.6 Å². The molecule has 1 aliphatic heterocycles. The van der Waals surface area contributed by atoms with E-state index in [0.29, 0.717) is 24.6 Å². The number of carbonyl (C=O) groups is 1. The van der Waals surface area contributed by atoms with Gasteiger partial charge in [-0.05, 0) is 30.7 Å². The van der Waals surface area contributed by atoms with Crippen LogP contribution in [0.3, 0.4) is 0 Å². The number of nitrogens with zero attached hydrogens (tertiary/aromatic N) is 6. The van der Waals surface area contributed by atoms with E-state index in [2.05, 4.69) is 25.0 Å². The fourth-order valence-corrected chi connectivity index (χ4v) is 3.62. The van der Waals surface area contributed by atoms with Crippen LogP contribution in [0.1, 0.15) is 17.2 Å². The second-order valence-electron chi connectivity index (χ2n) is 6.78. The molecule has 3 aromatic rings. The fourth-order valence-electron chi connectivity index (χ4n) is 3.62. The van der Waals surface area contributed by atoms with E-state index in [1.165, 1.54) is 0 Å². The number of rotatable bonds is 4. The third kappa shape index (κ3) is 3.14. The molecule has 0 unspecified atom stereocenters. The topological polar surface area (TPSA) is 103 Å². The van der Waals surface area contributed by atoms with Gasteiger partial charge in [0.25, 0.3) is 0 Å². The summed E-state index contributed by atoms with van der Waals surface area (Å²) in [6.45, 7) is 3.18. The summed E-state index contributed by atoms with van der Waals surface area (Å²) in [6, 6.07) is 7.48. The fraction of sp³-hybridized carbons (Fsp3) is 0.316. The summed E-state index contributed by atoms with van der Waals surface area (Å²) >= 11 is 0. The van der Waals surface area contributed by atoms with Crippen molar-refractivity contribution in [3.05, 3.63) is 54.1 Å². The van der Waals surface area contributed by atoms with E-state index < -0.39 is 0 Å². The number of pyridine rings is 1. The predicted molar refractivity (Wildman–Crippen MR) is 101 cm³/mol. The number of hydrogen-bond donors (Lipinski definition) is 1. The van der Waals surface area contributed by atoms with Gasteiger partial charge >= 0.3 is 0 Å². The molecule has 1 amide bonds. The van der Waals surface area contributed by atoms with E-state index in [-0.39, 0.29) is 17.7 Å². The van der Waals surface area contributed by atoms with Gasteiger partial charge in [-0.2, -0.15) is 5.10 Å². The summed E-state index contributed by atoms with van der Waals surface area (Å²) in [7, 11) is 1.90. The number of aryl methyl sites for hydroxylation is 1. The molecule has 138 valence electrons. The van der Waals surface area contributed by atoms with Crippen LogP contribution in [0.15, 0.2) is 42.9 Å². The third-order valence-corrected chi connectivity index (χ3v) is 5.22. The molecular formula is C19H21N7O. The maximum Gasteiger partial charge on any atom is 0.223 e. The number of hydrogen-bond acceptors (Lipinski definition) is 6. The Morgan fingerprint density at radius 1 is 1.19 bits per heavy atom. The Labute approximate surface area is 157 Å². The zero-order valence-corrected chi connectivity index (χ0v) is 15.3. The summed E-state index contributed by atoms with van der Waals surface area (Å²) in [5.74, 6) is 0.723. The van der Waals surface area contributed by atoms with Crippen LogP contribution in [0.4, 0.5) is 5.82 Å². The average Bonchev–Trinajstić information content (AvgIpc) is 3.27. The number of carbonyl (C=O) groups excluding carboxylic acids is 1. The third-order valence-electron chi connectivity index (χ3n) is 5.22. The van der Waals surface area contributed by atoms with Crippen molar-refractivity contribution < 1.29 is 4.79 Å². The number of aromatic nitrogens is 5. The van der Waals surface area contributed by atoms with Crippen molar-refractivity contribution in [3.63, 3.8) is 0 Å². The Morgan fingerprint density at radius 3 is 2.70 bits per heavy atom. The highest BCUT2D eigenvalue weighted by molar-refractivity contribution is 5.79. The van der Waals surface area contributed by atoms with Gasteiger partial charge in [-0.15, -0.1) is 0 Å². The number of nitrogens with two attached hydrogens (primary N) is 1. The number of primary amides is 1. The zero-order valence-electron chi connectivity index (χ0n) is 15.3. The average molecular weight is 363 g/mol. The Hall–Kier alpha value is -3.29. The highest BCUT2D eigenvalue weighted by Gasteiger charge is 2.39. The maximum atomic E-state index is 12.1. The normalized spacial score (nSPS) is 19.4. The van der Waals surface area contributed by atoms with Crippen molar-refractivity contribution in [2.24, 2.45) is 18.7 Å². The quantitative estimate of drug-likeness (QED) is 0.749. The molecule has 1 aliphatic rings. The second-order valence-corrected chi connectivity index (χ2v) is 6.78. The van der Waals surface area contributed by atoms with E-state index in [9.17, 15) is 4.79 Å². The van der Waals surface area contributed by atoms with Gasteiger partial charge in [0.05, 0.1) is 12.1 Å². The summed E-state index contributed by atoms with van der Waals surface area (Å²) in [4.78, 5) is 27.5. The minimum atomic E-state index is -0.301. The molecule has 8 heteroatoms. The molecule has 0 aliphatic carbocycles. The van der Waals surface area contributed by atoms with Crippen LogP contribution in [-0.2, 0) is 11.8 Å².